The zero-order valence-corrected chi connectivity index (χ0v) is 20.0. The van der Waals surface area contributed by atoms with Crippen molar-refractivity contribution in [1.82, 2.24) is 9.88 Å². The van der Waals surface area contributed by atoms with E-state index in [2.05, 4.69) is 25.8 Å². The number of aromatic nitrogens is 1. The normalized spacial score (nSPS) is 10.8. The standard InChI is InChI=1S/C20H21BrN4O3S.ClH/c1-13-15(6-4-7-17(13)25(27)28)19(26)24(11-5-10-23(2)3)20-22-16-9-8-14(21)12-18(16)29-20;/h4,6-9,12H,5,10-11H2,1-3H3;1H. The second-order valence-electron chi connectivity index (χ2n) is 6.93. The molecular formula is C20H22BrClN4O3S. The van der Waals surface area contributed by atoms with Gasteiger partial charge in [-0.2, -0.15) is 0 Å². The van der Waals surface area contributed by atoms with E-state index in [-0.39, 0.29) is 24.0 Å². The fourth-order valence-electron chi connectivity index (χ4n) is 3.03. The predicted molar refractivity (Wildman–Crippen MR) is 127 cm³/mol. The van der Waals surface area contributed by atoms with Gasteiger partial charge >= 0.3 is 0 Å². The number of thiazole rings is 1. The molecule has 0 aliphatic rings. The highest BCUT2D eigenvalue weighted by Crippen LogP contribution is 2.32. The summed E-state index contributed by atoms with van der Waals surface area (Å²) in [5.74, 6) is -0.275. The van der Waals surface area contributed by atoms with Gasteiger partial charge in [0.05, 0.1) is 15.1 Å². The lowest BCUT2D eigenvalue weighted by molar-refractivity contribution is -0.385. The molecule has 7 nitrogen and oxygen atoms in total. The van der Waals surface area contributed by atoms with Gasteiger partial charge in [-0.25, -0.2) is 4.98 Å². The van der Waals surface area contributed by atoms with E-state index in [9.17, 15) is 14.9 Å². The summed E-state index contributed by atoms with van der Waals surface area (Å²) in [6.07, 6.45) is 0.756. The average Bonchev–Trinajstić information content (AvgIpc) is 3.07. The van der Waals surface area contributed by atoms with Crippen molar-refractivity contribution in [2.24, 2.45) is 0 Å². The van der Waals surface area contributed by atoms with Crippen LogP contribution in [0.2, 0.25) is 0 Å². The molecule has 1 aromatic heterocycles. The van der Waals surface area contributed by atoms with Crippen LogP contribution >= 0.6 is 39.7 Å². The monoisotopic (exact) mass is 512 g/mol. The number of hydrogen-bond acceptors (Lipinski definition) is 6. The highest BCUT2D eigenvalue weighted by molar-refractivity contribution is 9.10. The summed E-state index contributed by atoms with van der Waals surface area (Å²) < 4.78 is 1.91. The van der Waals surface area contributed by atoms with E-state index in [1.54, 1.807) is 24.0 Å². The van der Waals surface area contributed by atoms with Crippen LogP contribution in [0.5, 0.6) is 0 Å². The van der Waals surface area contributed by atoms with E-state index >= 15 is 0 Å². The van der Waals surface area contributed by atoms with Gasteiger partial charge in [0.1, 0.15) is 0 Å². The quantitative estimate of drug-likeness (QED) is 0.316. The van der Waals surface area contributed by atoms with Crippen molar-refractivity contribution in [2.75, 3.05) is 32.1 Å². The summed E-state index contributed by atoms with van der Waals surface area (Å²) in [6, 6.07) is 10.4. The van der Waals surface area contributed by atoms with Gasteiger partial charge in [0.15, 0.2) is 5.13 Å². The first-order valence-corrected chi connectivity index (χ1v) is 10.7. The van der Waals surface area contributed by atoms with Gasteiger partial charge in [0, 0.05) is 28.2 Å². The summed E-state index contributed by atoms with van der Waals surface area (Å²) in [4.78, 5) is 32.6. The summed E-state index contributed by atoms with van der Waals surface area (Å²) in [5, 5.41) is 11.9. The van der Waals surface area contributed by atoms with E-state index in [1.165, 1.54) is 17.4 Å². The minimum atomic E-state index is -0.461. The summed E-state index contributed by atoms with van der Waals surface area (Å²) >= 11 is 4.90. The molecule has 10 heteroatoms. The number of benzene rings is 2. The zero-order chi connectivity index (χ0) is 21.1. The molecule has 3 rings (SSSR count). The van der Waals surface area contributed by atoms with Crippen molar-refractivity contribution >= 4 is 66.6 Å². The number of amides is 1. The van der Waals surface area contributed by atoms with E-state index in [0.717, 1.165) is 27.7 Å². The third kappa shape index (κ3) is 5.34. The topological polar surface area (TPSA) is 79.6 Å². The number of nitrogens with zero attached hydrogens (tertiary/aromatic N) is 4. The SMILES string of the molecule is Cc1c(C(=O)N(CCCN(C)C)c2nc3ccc(Br)cc3s2)cccc1[N+](=O)[O-].Cl. The highest BCUT2D eigenvalue weighted by atomic mass is 79.9. The molecule has 0 radical (unpaired) electrons. The van der Waals surface area contributed by atoms with Crippen molar-refractivity contribution < 1.29 is 9.72 Å². The maximum atomic E-state index is 13.4. The molecule has 0 aliphatic heterocycles. The van der Waals surface area contributed by atoms with Gasteiger partial charge in [-0.1, -0.05) is 33.3 Å². The van der Waals surface area contributed by atoms with E-state index in [4.69, 9.17) is 0 Å². The molecule has 0 fully saturated rings. The molecule has 30 heavy (non-hydrogen) atoms. The predicted octanol–water partition coefficient (Wildman–Crippen LogP) is 5.30. The molecule has 0 saturated carbocycles. The molecule has 1 amide bonds. The van der Waals surface area contributed by atoms with Gasteiger partial charge in [0.25, 0.3) is 11.6 Å². The second-order valence-corrected chi connectivity index (χ2v) is 8.85. The number of fused-ring (bicyclic) bond motifs is 1. The molecular weight excluding hydrogens is 492 g/mol. The van der Waals surface area contributed by atoms with Crippen LogP contribution in [0.1, 0.15) is 22.3 Å². The van der Waals surface area contributed by atoms with Gasteiger partial charge in [0.2, 0.25) is 0 Å². The van der Waals surface area contributed by atoms with Crippen LogP contribution in [0.3, 0.4) is 0 Å². The fraction of sp³-hybridized carbons (Fsp3) is 0.300. The first-order chi connectivity index (χ1) is 13.8. The number of nitro groups is 1. The lowest BCUT2D eigenvalue weighted by Gasteiger charge is -2.21. The number of hydrogen-bond donors (Lipinski definition) is 0. The van der Waals surface area contributed by atoms with Crippen LogP contribution in [0.25, 0.3) is 10.2 Å². The minimum Gasteiger partial charge on any atom is -0.309 e. The van der Waals surface area contributed by atoms with Crippen LogP contribution in [0.4, 0.5) is 10.8 Å². The van der Waals surface area contributed by atoms with Crippen LogP contribution in [0, 0.1) is 17.0 Å². The third-order valence-electron chi connectivity index (χ3n) is 4.53. The maximum absolute atomic E-state index is 13.4. The third-order valence-corrected chi connectivity index (χ3v) is 6.07. The van der Waals surface area contributed by atoms with Gasteiger partial charge in [-0.3, -0.25) is 19.8 Å². The van der Waals surface area contributed by atoms with Crippen LogP contribution in [-0.2, 0) is 0 Å². The summed E-state index contributed by atoms with van der Waals surface area (Å²) in [6.45, 7) is 2.90. The lowest BCUT2D eigenvalue weighted by Crippen LogP contribution is -2.34. The maximum Gasteiger partial charge on any atom is 0.273 e. The molecule has 0 unspecified atom stereocenters. The molecule has 0 saturated heterocycles. The van der Waals surface area contributed by atoms with Crippen LogP contribution in [0.15, 0.2) is 40.9 Å². The molecule has 2 aromatic carbocycles. The van der Waals surface area contributed by atoms with Crippen LogP contribution in [-0.4, -0.2) is 47.9 Å². The minimum absolute atomic E-state index is 0. The Morgan fingerprint density at radius 3 is 2.63 bits per heavy atom. The molecule has 0 bridgehead atoms. The van der Waals surface area contributed by atoms with Crippen LogP contribution < -0.4 is 4.90 Å². The lowest BCUT2D eigenvalue weighted by atomic mass is 10.1. The van der Waals surface area contributed by atoms with Crippen molar-refractivity contribution in [1.29, 1.82) is 0 Å². The Hall–Kier alpha value is -2.07. The smallest absolute Gasteiger partial charge is 0.273 e. The van der Waals surface area contributed by atoms with E-state index in [1.807, 2.05) is 32.3 Å². The Morgan fingerprint density at radius 1 is 1.23 bits per heavy atom. The van der Waals surface area contributed by atoms with E-state index in [0.29, 0.717) is 22.8 Å². The van der Waals surface area contributed by atoms with Gasteiger partial charge in [-0.05, 0) is 58.3 Å². The Morgan fingerprint density at radius 2 is 1.97 bits per heavy atom. The molecule has 3 aromatic rings. The first-order valence-electron chi connectivity index (χ1n) is 9.04. The first kappa shape index (κ1) is 24.2. The van der Waals surface area contributed by atoms with Gasteiger partial charge in [-0.15, -0.1) is 12.4 Å². The Kier molecular flexibility index (Phi) is 8.31. The highest BCUT2D eigenvalue weighted by Gasteiger charge is 2.25. The molecule has 0 aliphatic carbocycles. The number of nitro benzene ring substituents is 1. The Labute approximate surface area is 193 Å². The molecule has 0 N–H and O–H groups in total. The van der Waals surface area contributed by atoms with E-state index < -0.39 is 4.92 Å². The fourth-order valence-corrected chi connectivity index (χ4v) is 4.57. The number of carbonyl (C=O) groups is 1. The molecule has 0 atom stereocenters. The largest absolute Gasteiger partial charge is 0.309 e. The number of rotatable bonds is 7. The molecule has 1 heterocycles. The number of carbonyl (C=O) groups excluding carboxylic acids is 1. The Bertz CT molecular complexity index is 1070. The molecule has 0 spiro atoms. The second kappa shape index (κ2) is 10.3. The van der Waals surface area contributed by atoms with Crippen molar-refractivity contribution in [3.8, 4) is 0 Å². The van der Waals surface area contributed by atoms with Crippen molar-refractivity contribution in [2.45, 2.75) is 13.3 Å². The number of halogens is 2. The summed E-state index contributed by atoms with van der Waals surface area (Å²) in [7, 11) is 3.96. The molecule has 160 valence electrons. The summed E-state index contributed by atoms with van der Waals surface area (Å²) in [5.41, 5.74) is 1.44. The van der Waals surface area contributed by atoms with Gasteiger partial charge < -0.3 is 4.90 Å². The van der Waals surface area contributed by atoms with Crippen molar-refractivity contribution in [3.05, 3.63) is 62.1 Å². The number of anilines is 1. The zero-order valence-electron chi connectivity index (χ0n) is 16.8. The average molecular weight is 514 g/mol. The van der Waals surface area contributed by atoms with Crippen molar-refractivity contribution in [3.63, 3.8) is 0 Å². The Balaban J connectivity index is 0.00000320.